The molecule has 0 radical (unpaired) electrons. The van der Waals surface area contributed by atoms with Crippen molar-refractivity contribution in [3.8, 4) is 0 Å². The summed E-state index contributed by atoms with van der Waals surface area (Å²) in [5, 5.41) is 13.5. The van der Waals surface area contributed by atoms with E-state index in [4.69, 9.17) is 14.2 Å². The Kier molecular flexibility index (Phi) is 6.03. The smallest absolute Gasteiger partial charge is 0.184 e. The highest BCUT2D eigenvalue weighted by atomic mass is 16.8. The van der Waals surface area contributed by atoms with Crippen molar-refractivity contribution >= 4 is 0 Å². The molecule has 21 heavy (non-hydrogen) atoms. The maximum absolute atomic E-state index is 9.96. The van der Waals surface area contributed by atoms with Crippen LogP contribution in [0.15, 0.2) is 0 Å². The standard InChI is InChI=1S/C16H31NO4/c1-5-6-7-8-9-10-17-11(2)12-13-14(15(18)19-12)21-16(3,4)20-13/h11-15,17-18H,5-10H2,1-4H3/t11-,12+,13-,14-,15-/m0/s1. The van der Waals surface area contributed by atoms with Crippen LogP contribution in [0.5, 0.6) is 0 Å². The van der Waals surface area contributed by atoms with Gasteiger partial charge in [0, 0.05) is 6.04 Å². The van der Waals surface area contributed by atoms with Crippen molar-refractivity contribution in [1.82, 2.24) is 5.32 Å². The van der Waals surface area contributed by atoms with Crippen LogP contribution < -0.4 is 5.32 Å². The summed E-state index contributed by atoms with van der Waals surface area (Å²) < 4.78 is 17.2. The average molecular weight is 301 g/mol. The van der Waals surface area contributed by atoms with E-state index in [2.05, 4.69) is 19.2 Å². The summed E-state index contributed by atoms with van der Waals surface area (Å²) in [5.41, 5.74) is 0. The monoisotopic (exact) mass is 301 g/mol. The topological polar surface area (TPSA) is 60.0 Å². The maximum Gasteiger partial charge on any atom is 0.184 e. The van der Waals surface area contributed by atoms with Crippen LogP contribution in [0.25, 0.3) is 0 Å². The van der Waals surface area contributed by atoms with E-state index >= 15 is 0 Å². The summed E-state index contributed by atoms with van der Waals surface area (Å²) in [6.45, 7) is 9.04. The molecule has 0 aliphatic carbocycles. The van der Waals surface area contributed by atoms with Gasteiger partial charge >= 0.3 is 0 Å². The predicted octanol–water partition coefficient (Wildman–Crippen LogP) is 2.17. The van der Waals surface area contributed by atoms with E-state index in [1.54, 1.807) is 0 Å². The van der Waals surface area contributed by atoms with Crippen LogP contribution in [0.1, 0.15) is 59.8 Å². The molecule has 2 N–H and O–H groups in total. The van der Waals surface area contributed by atoms with Gasteiger partial charge < -0.3 is 24.6 Å². The highest BCUT2D eigenvalue weighted by molar-refractivity contribution is 4.98. The Labute approximate surface area is 128 Å². The van der Waals surface area contributed by atoms with Gasteiger partial charge in [0.25, 0.3) is 0 Å². The Morgan fingerprint density at radius 3 is 2.48 bits per heavy atom. The maximum atomic E-state index is 9.96. The number of rotatable bonds is 8. The fraction of sp³-hybridized carbons (Fsp3) is 1.00. The van der Waals surface area contributed by atoms with Gasteiger partial charge in [0.1, 0.15) is 18.3 Å². The van der Waals surface area contributed by atoms with Gasteiger partial charge in [0.2, 0.25) is 0 Å². The lowest BCUT2D eigenvalue weighted by Gasteiger charge is -2.26. The molecule has 2 saturated heterocycles. The minimum atomic E-state index is -0.893. The molecule has 5 nitrogen and oxygen atoms in total. The fourth-order valence-corrected chi connectivity index (χ4v) is 3.18. The average Bonchev–Trinajstić information content (AvgIpc) is 2.88. The molecule has 0 bridgehead atoms. The molecule has 5 atom stereocenters. The molecule has 2 heterocycles. The normalized spacial score (nSPS) is 35.9. The summed E-state index contributed by atoms with van der Waals surface area (Å²) in [5.74, 6) is -0.641. The summed E-state index contributed by atoms with van der Waals surface area (Å²) >= 11 is 0. The molecule has 0 spiro atoms. The second-order valence-corrected chi connectivity index (χ2v) is 6.71. The highest BCUT2D eigenvalue weighted by Gasteiger charge is 2.55. The first-order chi connectivity index (χ1) is 9.94. The predicted molar refractivity (Wildman–Crippen MR) is 80.9 cm³/mol. The number of ether oxygens (including phenoxy) is 3. The van der Waals surface area contributed by atoms with E-state index in [1.165, 1.54) is 32.1 Å². The SMILES string of the molecule is CCCCCCCN[C@@H](C)[C@H]1O[C@H](O)[C@H]2OC(C)(C)O[C@@H]12. The molecule has 124 valence electrons. The van der Waals surface area contributed by atoms with Crippen molar-refractivity contribution in [2.45, 2.75) is 96.2 Å². The molecular weight excluding hydrogens is 270 g/mol. The Balaban J connectivity index is 1.74. The molecule has 0 amide bonds. The van der Waals surface area contributed by atoms with Crippen molar-refractivity contribution in [1.29, 1.82) is 0 Å². The van der Waals surface area contributed by atoms with Crippen LogP contribution in [0.3, 0.4) is 0 Å². The zero-order chi connectivity index (χ0) is 15.5. The lowest BCUT2D eigenvalue weighted by atomic mass is 10.0. The molecule has 0 aromatic rings. The van der Waals surface area contributed by atoms with Crippen LogP contribution in [0.4, 0.5) is 0 Å². The zero-order valence-corrected chi connectivity index (χ0v) is 13.8. The summed E-state index contributed by atoms with van der Waals surface area (Å²) in [4.78, 5) is 0. The number of hydrogen-bond acceptors (Lipinski definition) is 5. The minimum absolute atomic E-state index is 0.137. The Morgan fingerprint density at radius 2 is 1.76 bits per heavy atom. The van der Waals surface area contributed by atoms with Crippen LogP contribution in [0.2, 0.25) is 0 Å². The van der Waals surface area contributed by atoms with Gasteiger partial charge in [-0.2, -0.15) is 0 Å². The molecule has 2 aliphatic heterocycles. The third-order valence-electron chi connectivity index (χ3n) is 4.30. The molecule has 2 rings (SSSR count). The van der Waals surface area contributed by atoms with Gasteiger partial charge in [0.15, 0.2) is 12.1 Å². The van der Waals surface area contributed by atoms with Crippen LogP contribution in [-0.4, -0.2) is 48.1 Å². The third-order valence-corrected chi connectivity index (χ3v) is 4.30. The summed E-state index contributed by atoms with van der Waals surface area (Å²) in [6.07, 6.45) is 4.71. The fourth-order valence-electron chi connectivity index (χ4n) is 3.18. The van der Waals surface area contributed by atoms with Crippen LogP contribution >= 0.6 is 0 Å². The van der Waals surface area contributed by atoms with Crippen molar-refractivity contribution in [3.05, 3.63) is 0 Å². The molecule has 2 aliphatic rings. The lowest BCUT2D eigenvalue weighted by molar-refractivity contribution is -0.222. The molecular formula is C16H31NO4. The van der Waals surface area contributed by atoms with Crippen LogP contribution in [-0.2, 0) is 14.2 Å². The second kappa shape index (κ2) is 7.38. The van der Waals surface area contributed by atoms with Gasteiger partial charge in [-0.05, 0) is 33.7 Å². The van der Waals surface area contributed by atoms with E-state index < -0.39 is 12.1 Å². The molecule has 2 fully saturated rings. The Morgan fingerprint density at radius 1 is 1.10 bits per heavy atom. The van der Waals surface area contributed by atoms with Gasteiger partial charge in [-0.15, -0.1) is 0 Å². The first kappa shape index (κ1) is 17.2. The van der Waals surface area contributed by atoms with Gasteiger partial charge in [-0.1, -0.05) is 32.6 Å². The van der Waals surface area contributed by atoms with Gasteiger partial charge in [-0.3, -0.25) is 0 Å². The Hall–Kier alpha value is -0.200. The quantitative estimate of drug-likeness (QED) is 0.673. The Bertz CT molecular complexity index is 323. The number of hydrogen-bond donors (Lipinski definition) is 2. The lowest BCUT2D eigenvalue weighted by Crippen LogP contribution is -2.45. The van der Waals surface area contributed by atoms with Gasteiger partial charge in [-0.25, -0.2) is 0 Å². The minimum Gasteiger partial charge on any atom is -0.366 e. The molecule has 0 aromatic carbocycles. The summed E-state index contributed by atoms with van der Waals surface area (Å²) in [6, 6.07) is 0.137. The van der Waals surface area contributed by atoms with Crippen LogP contribution in [0, 0.1) is 0 Å². The van der Waals surface area contributed by atoms with E-state index in [1.807, 2.05) is 13.8 Å². The first-order valence-corrected chi connectivity index (χ1v) is 8.37. The number of aliphatic hydroxyl groups is 1. The molecule has 5 heteroatoms. The van der Waals surface area contributed by atoms with Crippen molar-refractivity contribution in [3.63, 3.8) is 0 Å². The van der Waals surface area contributed by atoms with Crippen molar-refractivity contribution < 1.29 is 19.3 Å². The second-order valence-electron chi connectivity index (χ2n) is 6.71. The number of aliphatic hydroxyl groups excluding tert-OH is 1. The largest absolute Gasteiger partial charge is 0.366 e. The van der Waals surface area contributed by atoms with E-state index in [0.717, 1.165) is 6.54 Å². The van der Waals surface area contributed by atoms with E-state index in [9.17, 15) is 5.11 Å². The van der Waals surface area contributed by atoms with Gasteiger partial charge in [0.05, 0.1) is 0 Å². The zero-order valence-electron chi connectivity index (χ0n) is 13.8. The number of nitrogens with one attached hydrogen (secondary N) is 1. The summed E-state index contributed by atoms with van der Waals surface area (Å²) in [7, 11) is 0. The van der Waals surface area contributed by atoms with E-state index in [0.29, 0.717) is 0 Å². The molecule has 0 saturated carbocycles. The number of fused-ring (bicyclic) bond motifs is 1. The first-order valence-electron chi connectivity index (χ1n) is 8.37. The molecule has 0 aromatic heterocycles. The number of unbranched alkanes of at least 4 members (excludes halogenated alkanes) is 4. The van der Waals surface area contributed by atoms with E-state index in [-0.39, 0.29) is 24.4 Å². The van der Waals surface area contributed by atoms with Crippen molar-refractivity contribution in [2.75, 3.05) is 6.54 Å². The third kappa shape index (κ3) is 4.39. The molecule has 0 unspecified atom stereocenters. The van der Waals surface area contributed by atoms with Crippen molar-refractivity contribution in [2.24, 2.45) is 0 Å². The highest BCUT2D eigenvalue weighted by Crippen LogP contribution is 2.38.